The van der Waals surface area contributed by atoms with Gasteiger partial charge >= 0.3 is 0 Å². The van der Waals surface area contributed by atoms with Crippen LogP contribution in [-0.4, -0.2) is 24.4 Å². The van der Waals surface area contributed by atoms with Crippen molar-refractivity contribution in [2.75, 3.05) is 18.9 Å². The molecule has 0 saturated carbocycles. The van der Waals surface area contributed by atoms with Crippen LogP contribution in [0.3, 0.4) is 0 Å². The third kappa shape index (κ3) is 4.24. The van der Waals surface area contributed by atoms with Crippen molar-refractivity contribution in [1.82, 2.24) is 5.32 Å². The zero-order valence-electron chi connectivity index (χ0n) is 11.2. The van der Waals surface area contributed by atoms with E-state index in [1.165, 1.54) is 18.2 Å². The average molecular weight is 265 g/mol. The molecule has 6 nitrogen and oxygen atoms in total. The van der Waals surface area contributed by atoms with Crippen molar-refractivity contribution in [2.24, 2.45) is 0 Å². The highest BCUT2D eigenvalue weighted by Crippen LogP contribution is 2.24. The van der Waals surface area contributed by atoms with E-state index in [-0.39, 0.29) is 11.6 Å². The van der Waals surface area contributed by atoms with Crippen LogP contribution in [0, 0.1) is 10.1 Å². The van der Waals surface area contributed by atoms with E-state index in [4.69, 9.17) is 0 Å². The third-order valence-electron chi connectivity index (χ3n) is 2.79. The summed E-state index contributed by atoms with van der Waals surface area (Å²) < 4.78 is 0. The molecule has 0 spiro atoms. The van der Waals surface area contributed by atoms with Gasteiger partial charge in [-0.15, -0.1) is 0 Å². The predicted octanol–water partition coefficient (Wildman–Crippen LogP) is 2.56. The van der Waals surface area contributed by atoms with E-state index in [0.717, 1.165) is 19.3 Å². The van der Waals surface area contributed by atoms with Crippen molar-refractivity contribution in [3.8, 4) is 0 Å². The van der Waals surface area contributed by atoms with Crippen LogP contribution in [0.15, 0.2) is 18.2 Å². The highest BCUT2D eigenvalue weighted by Gasteiger charge is 2.15. The summed E-state index contributed by atoms with van der Waals surface area (Å²) in [4.78, 5) is 22.1. The molecule has 0 aromatic heterocycles. The van der Waals surface area contributed by atoms with Crippen molar-refractivity contribution >= 4 is 17.3 Å². The molecule has 0 atom stereocenters. The molecule has 1 aromatic carbocycles. The molecule has 1 amide bonds. The van der Waals surface area contributed by atoms with Gasteiger partial charge < -0.3 is 10.6 Å². The Morgan fingerprint density at radius 1 is 1.37 bits per heavy atom. The lowest BCUT2D eigenvalue weighted by atomic mass is 10.1. The van der Waals surface area contributed by atoms with E-state index in [1.807, 2.05) is 0 Å². The smallest absolute Gasteiger partial charge is 0.292 e. The van der Waals surface area contributed by atoms with E-state index in [2.05, 4.69) is 17.6 Å². The maximum absolute atomic E-state index is 11.8. The van der Waals surface area contributed by atoms with Crippen LogP contribution in [0.5, 0.6) is 0 Å². The Morgan fingerprint density at radius 2 is 2.11 bits per heavy atom. The number of carbonyl (C=O) groups is 1. The number of unbranched alkanes of at least 4 members (excludes halogenated alkanes) is 2. The Hall–Kier alpha value is -2.11. The van der Waals surface area contributed by atoms with Gasteiger partial charge in [0.25, 0.3) is 11.6 Å². The summed E-state index contributed by atoms with van der Waals surface area (Å²) in [5.74, 6) is -0.206. The number of hydrogen-bond donors (Lipinski definition) is 2. The van der Waals surface area contributed by atoms with Gasteiger partial charge in [-0.05, 0) is 18.6 Å². The Morgan fingerprint density at radius 3 is 2.68 bits per heavy atom. The highest BCUT2D eigenvalue weighted by atomic mass is 16.6. The third-order valence-corrected chi connectivity index (χ3v) is 2.79. The molecule has 104 valence electrons. The molecule has 1 aromatic rings. The molecule has 0 aliphatic heterocycles. The molecule has 0 unspecified atom stereocenters. The Bertz CT molecular complexity index is 460. The van der Waals surface area contributed by atoms with Crippen LogP contribution >= 0.6 is 0 Å². The molecular formula is C13H19N3O3. The molecule has 1 rings (SSSR count). The maximum atomic E-state index is 11.8. The van der Waals surface area contributed by atoms with Gasteiger partial charge in [0.15, 0.2) is 0 Å². The zero-order valence-corrected chi connectivity index (χ0v) is 11.2. The second kappa shape index (κ2) is 7.35. The maximum Gasteiger partial charge on any atom is 0.292 e. The topological polar surface area (TPSA) is 84.3 Å². The number of amides is 1. The van der Waals surface area contributed by atoms with Gasteiger partial charge in [-0.2, -0.15) is 0 Å². The van der Waals surface area contributed by atoms with Crippen LogP contribution in [0.1, 0.15) is 36.5 Å². The minimum Gasteiger partial charge on any atom is -0.383 e. The van der Waals surface area contributed by atoms with Gasteiger partial charge in [-0.25, -0.2) is 0 Å². The molecule has 2 N–H and O–H groups in total. The van der Waals surface area contributed by atoms with Crippen molar-refractivity contribution in [2.45, 2.75) is 26.2 Å². The molecular weight excluding hydrogens is 246 g/mol. The van der Waals surface area contributed by atoms with Gasteiger partial charge in [0, 0.05) is 25.2 Å². The molecule has 0 radical (unpaired) electrons. The summed E-state index contributed by atoms with van der Waals surface area (Å²) >= 11 is 0. The summed E-state index contributed by atoms with van der Waals surface area (Å²) in [6, 6.07) is 4.30. The van der Waals surface area contributed by atoms with E-state index >= 15 is 0 Å². The van der Waals surface area contributed by atoms with Crippen molar-refractivity contribution in [3.63, 3.8) is 0 Å². The molecule has 0 saturated heterocycles. The first kappa shape index (κ1) is 14.9. The number of nitro groups is 1. The SMILES string of the molecule is CCCCCNC(=O)c1ccc([N+](=O)[O-])c(NC)c1. The van der Waals surface area contributed by atoms with Crippen molar-refractivity contribution in [3.05, 3.63) is 33.9 Å². The lowest BCUT2D eigenvalue weighted by Gasteiger charge is -2.07. The number of carbonyl (C=O) groups excluding carboxylic acids is 1. The number of nitrogens with zero attached hydrogens (tertiary/aromatic N) is 1. The number of hydrogen-bond acceptors (Lipinski definition) is 4. The first-order valence-corrected chi connectivity index (χ1v) is 6.34. The Labute approximate surface area is 112 Å². The van der Waals surface area contributed by atoms with Gasteiger partial charge in [0.05, 0.1) is 4.92 Å². The number of benzene rings is 1. The molecule has 0 bridgehead atoms. The van der Waals surface area contributed by atoms with Crippen LogP contribution in [0.2, 0.25) is 0 Å². The fourth-order valence-electron chi connectivity index (χ4n) is 1.72. The van der Waals surface area contributed by atoms with Crippen LogP contribution in [-0.2, 0) is 0 Å². The second-order valence-corrected chi connectivity index (χ2v) is 4.20. The van der Waals surface area contributed by atoms with Gasteiger partial charge in [0.1, 0.15) is 5.69 Å². The summed E-state index contributed by atoms with van der Waals surface area (Å²) in [6.07, 6.45) is 3.10. The largest absolute Gasteiger partial charge is 0.383 e. The van der Waals surface area contributed by atoms with E-state index in [9.17, 15) is 14.9 Å². The number of anilines is 1. The van der Waals surface area contributed by atoms with E-state index in [0.29, 0.717) is 17.8 Å². The van der Waals surface area contributed by atoms with Crippen molar-refractivity contribution < 1.29 is 9.72 Å². The second-order valence-electron chi connectivity index (χ2n) is 4.20. The Kier molecular flexibility index (Phi) is 5.78. The predicted molar refractivity (Wildman–Crippen MR) is 74.5 cm³/mol. The molecule has 0 aliphatic rings. The zero-order chi connectivity index (χ0) is 14.3. The lowest BCUT2D eigenvalue weighted by Crippen LogP contribution is -2.24. The summed E-state index contributed by atoms with van der Waals surface area (Å²) in [7, 11) is 1.59. The van der Waals surface area contributed by atoms with Gasteiger partial charge in [-0.1, -0.05) is 19.8 Å². The van der Waals surface area contributed by atoms with Gasteiger partial charge in [0.2, 0.25) is 0 Å². The molecule has 0 heterocycles. The summed E-state index contributed by atoms with van der Waals surface area (Å²) in [5, 5.41) is 16.3. The quantitative estimate of drug-likeness (QED) is 0.451. The summed E-state index contributed by atoms with van der Waals surface area (Å²) in [6.45, 7) is 2.72. The minimum absolute atomic E-state index is 0.0370. The van der Waals surface area contributed by atoms with Gasteiger partial charge in [-0.3, -0.25) is 14.9 Å². The lowest BCUT2D eigenvalue weighted by molar-refractivity contribution is -0.383. The van der Waals surface area contributed by atoms with Crippen LogP contribution < -0.4 is 10.6 Å². The standard InChI is InChI=1S/C13H19N3O3/c1-3-4-5-8-15-13(17)10-6-7-12(16(18)19)11(9-10)14-2/h6-7,9,14H,3-5,8H2,1-2H3,(H,15,17). The molecule has 0 fully saturated rings. The van der Waals surface area contributed by atoms with Crippen molar-refractivity contribution in [1.29, 1.82) is 0 Å². The average Bonchev–Trinajstić information content (AvgIpc) is 2.42. The Balaban J connectivity index is 2.73. The number of rotatable bonds is 7. The first-order valence-electron chi connectivity index (χ1n) is 6.34. The molecule has 19 heavy (non-hydrogen) atoms. The normalized spacial score (nSPS) is 10.0. The number of nitrogens with one attached hydrogen (secondary N) is 2. The minimum atomic E-state index is -0.477. The fourth-order valence-corrected chi connectivity index (χ4v) is 1.72. The van der Waals surface area contributed by atoms with E-state index < -0.39 is 4.92 Å². The fraction of sp³-hybridized carbons (Fsp3) is 0.462. The number of nitro benzene ring substituents is 1. The molecule has 0 aliphatic carbocycles. The highest BCUT2D eigenvalue weighted by molar-refractivity contribution is 5.95. The van der Waals surface area contributed by atoms with Crippen LogP contribution in [0.25, 0.3) is 0 Å². The van der Waals surface area contributed by atoms with E-state index in [1.54, 1.807) is 7.05 Å². The summed E-state index contributed by atoms with van der Waals surface area (Å²) in [5.41, 5.74) is 0.725. The monoisotopic (exact) mass is 265 g/mol. The van der Waals surface area contributed by atoms with Crippen LogP contribution in [0.4, 0.5) is 11.4 Å². The first-order chi connectivity index (χ1) is 9.10. The molecule has 6 heteroatoms.